The van der Waals surface area contributed by atoms with Gasteiger partial charge in [0.15, 0.2) is 0 Å². The van der Waals surface area contributed by atoms with Crippen LogP contribution in [0, 0.1) is 0 Å². The molecule has 26 heavy (non-hydrogen) atoms. The fraction of sp³-hybridized carbons (Fsp3) is 0.0500. The second-order valence-electron chi connectivity index (χ2n) is 5.73. The van der Waals surface area contributed by atoms with Crippen LogP contribution < -0.4 is 4.74 Å². The Morgan fingerprint density at radius 2 is 1.69 bits per heavy atom. The van der Waals surface area contributed by atoms with Crippen LogP contribution in [0.1, 0.15) is 15.9 Å². The van der Waals surface area contributed by atoms with Crippen molar-refractivity contribution in [3.05, 3.63) is 88.4 Å². The molecule has 0 amide bonds. The van der Waals surface area contributed by atoms with Crippen molar-refractivity contribution in [1.29, 1.82) is 0 Å². The van der Waals surface area contributed by atoms with Crippen molar-refractivity contribution >= 4 is 32.9 Å². The number of benzene rings is 3. The van der Waals surface area contributed by atoms with E-state index in [1.807, 2.05) is 60.7 Å². The van der Waals surface area contributed by atoms with Crippen molar-refractivity contribution in [2.45, 2.75) is 6.61 Å². The van der Waals surface area contributed by atoms with Crippen LogP contribution in [0.25, 0.3) is 11.0 Å². The zero-order chi connectivity index (χ0) is 17.9. The van der Waals surface area contributed by atoms with E-state index in [-0.39, 0.29) is 5.91 Å². The van der Waals surface area contributed by atoms with Crippen LogP contribution in [0.5, 0.6) is 5.75 Å². The fourth-order valence-corrected chi connectivity index (χ4v) is 2.85. The summed E-state index contributed by atoms with van der Waals surface area (Å²) < 4.78 is 8.07. The Morgan fingerprint density at radius 1 is 0.962 bits per heavy atom. The van der Waals surface area contributed by atoms with Gasteiger partial charge in [0.1, 0.15) is 17.9 Å². The summed E-state index contributed by atoms with van der Waals surface area (Å²) in [4.78, 5) is 12.7. The number of carbonyl (C=O) groups excluding carboxylic acids is 1. The third kappa shape index (κ3) is 3.36. The second-order valence-corrected chi connectivity index (χ2v) is 6.65. The van der Waals surface area contributed by atoms with Gasteiger partial charge < -0.3 is 4.74 Å². The lowest BCUT2D eigenvalue weighted by molar-refractivity contribution is 0.0948. The van der Waals surface area contributed by atoms with Gasteiger partial charge in [0.25, 0.3) is 5.91 Å². The number of aromatic nitrogens is 3. The maximum absolute atomic E-state index is 12.7. The Morgan fingerprint density at radius 3 is 2.46 bits per heavy atom. The Balaban J connectivity index is 1.48. The molecule has 0 saturated carbocycles. The minimum Gasteiger partial charge on any atom is -0.489 e. The molecule has 1 aromatic heterocycles. The van der Waals surface area contributed by atoms with Crippen molar-refractivity contribution in [2.75, 3.05) is 0 Å². The maximum atomic E-state index is 12.7. The van der Waals surface area contributed by atoms with Crippen LogP contribution in [0.2, 0.25) is 0 Å². The van der Waals surface area contributed by atoms with Gasteiger partial charge in [-0.25, -0.2) is 0 Å². The lowest BCUT2D eigenvalue weighted by Gasteiger charge is -2.07. The van der Waals surface area contributed by atoms with Gasteiger partial charge in [0, 0.05) is 10.0 Å². The van der Waals surface area contributed by atoms with Gasteiger partial charge in [-0.15, -0.1) is 5.10 Å². The van der Waals surface area contributed by atoms with E-state index in [2.05, 4.69) is 26.2 Å². The molecule has 0 unspecified atom stereocenters. The number of halogens is 1. The normalized spacial score (nSPS) is 10.8. The molecule has 0 aliphatic carbocycles. The predicted molar refractivity (Wildman–Crippen MR) is 102 cm³/mol. The Kier molecular flexibility index (Phi) is 4.50. The van der Waals surface area contributed by atoms with Gasteiger partial charge in [-0.05, 0) is 54.1 Å². The number of ether oxygens (including phenoxy) is 1. The standard InChI is InChI=1S/C20H14BrN3O2/c21-16-9-11-17(12-10-16)26-13-14-5-7-15(8-6-14)20(25)24-19-4-2-1-3-18(19)22-23-24/h1-12H,13H2. The molecule has 0 bridgehead atoms. The van der Waals surface area contributed by atoms with Crippen LogP contribution in [0.15, 0.2) is 77.3 Å². The molecule has 0 fully saturated rings. The quantitative estimate of drug-likeness (QED) is 0.500. The van der Waals surface area contributed by atoms with Crippen molar-refractivity contribution in [3.8, 4) is 5.75 Å². The first kappa shape index (κ1) is 16.5. The lowest BCUT2D eigenvalue weighted by atomic mass is 10.1. The molecule has 128 valence electrons. The van der Waals surface area contributed by atoms with Crippen LogP contribution in [0.3, 0.4) is 0 Å². The molecular weight excluding hydrogens is 394 g/mol. The molecule has 3 aromatic carbocycles. The van der Waals surface area contributed by atoms with E-state index < -0.39 is 0 Å². The number of para-hydroxylation sites is 1. The molecule has 6 heteroatoms. The largest absolute Gasteiger partial charge is 0.489 e. The first-order valence-electron chi connectivity index (χ1n) is 8.03. The van der Waals surface area contributed by atoms with E-state index >= 15 is 0 Å². The summed E-state index contributed by atoms with van der Waals surface area (Å²) in [5, 5.41) is 7.99. The van der Waals surface area contributed by atoms with Crippen molar-refractivity contribution in [3.63, 3.8) is 0 Å². The van der Waals surface area contributed by atoms with Gasteiger partial charge in [-0.1, -0.05) is 45.4 Å². The Hall–Kier alpha value is -2.99. The van der Waals surface area contributed by atoms with Gasteiger partial charge in [0.05, 0.1) is 5.52 Å². The van der Waals surface area contributed by atoms with Crippen molar-refractivity contribution < 1.29 is 9.53 Å². The van der Waals surface area contributed by atoms with E-state index in [0.29, 0.717) is 23.2 Å². The zero-order valence-electron chi connectivity index (χ0n) is 13.7. The molecular formula is C20H14BrN3O2. The topological polar surface area (TPSA) is 57.0 Å². The highest BCUT2D eigenvalue weighted by atomic mass is 79.9. The van der Waals surface area contributed by atoms with Gasteiger partial charge >= 0.3 is 0 Å². The molecule has 0 spiro atoms. The van der Waals surface area contributed by atoms with Crippen molar-refractivity contribution in [1.82, 2.24) is 15.0 Å². The first-order valence-corrected chi connectivity index (χ1v) is 8.82. The summed E-state index contributed by atoms with van der Waals surface area (Å²) in [6, 6.07) is 22.4. The second kappa shape index (κ2) is 7.09. The molecule has 1 heterocycles. The third-order valence-corrected chi connectivity index (χ3v) is 4.49. The van der Waals surface area contributed by atoms with E-state index in [1.54, 1.807) is 12.1 Å². The van der Waals surface area contributed by atoms with E-state index in [9.17, 15) is 4.79 Å². The highest BCUT2D eigenvalue weighted by Crippen LogP contribution is 2.18. The SMILES string of the molecule is O=C(c1ccc(COc2ccc(Br)cc2)cc1)n1nnc2ccccc21. The minimum absolute atomic E-state index is 0.209. The molecule has 5 nitrogen and oxygen atoms in total. The van der Waals surface area contributed by atoms with Crippen LogP contribution >= 0.6 is 15.9 Å². The van der Waals surface area contributed by atoms with Crippen molar-refractivity contribution in [2.24, 2.45) is 0 Å². The average molecular weight is 408 g/mol. The Bertz CT molecular complexity index is 1060. The molecule has 0 N–H and O–H groups in total. The number of fused-ring (bicyclic) bond motifs is 1. The summed E-state index contributed by atoms with van der Waals surface area (Å²) in [5.41, 5.74) is 2.92. The third-order valence-electron chi connectivity index (χ3n) is 3.96. The molecule has 0 radical (unpaired) electrons. The number of rotatable bonds is 4. The number of hydrogen-bond acceptors (Lipinski definition) is 4. The van der Waals surface area contributed by atoms with E-state index in [4.69, 9.17) is 4.74 Å². The smallest absolute Gasteiger partial charge is 0.280 e. The summed E-state index contributed by atoms with van der Waals surface area (Å²) >= 11 is 3.40. The van der Waals surface area contributed by atoms with Crippen LogP contribution in [0.4, 0.5) is 0 Å². The Labute approximate surface area is 158 Å². The van der Waals surface area contributed by atoms with Crippen LogP contribution in [-0.4, -0.2) is 20.9 Å². The summed E-state index contributed by atoms with van der Waals surface area (Å²) in [6.07, 6.45) is 0. The summed E-state index contributed by atoms with van der Waals surface area (Å²) in [5.74, 6) is 0.585. The van der Waals surface area contributed by atoms with Crippen LogP contribution in [-0.2, 0) is 6.61 Å². The summed E-state index contributed by atoms with van der Waals surface area (Å²) in [6.45, 7) is 0.433. The number of hydrogen-bond donors (Lipinski definition) is 0. The summed E-state index contributed by atoms with van der Waals surface area (Å²) in [7, 11) is 0. The molecule has 0 aliphatic heterocycles. The van der Waals surface area contributed by atoms with E-state index in [1.165, 1.54) is 4.68 Å². The highest BCUT2D eigenvalue weighted by molar-refractivity contribution is 9.10. The average Bonchev–Trinajstić information content (AvgIpc) is 3.11. The first-order chi connectivity index (χ1) is 12.7. The molecule has 4 rings (SSSR count). The highest BCUT2D eigenvalue weighted by Gasteiger charge is 2.13. The molecule has 0 saturated heterocycles. The number of nitrogens with zero attached hydrogens (tertiary/aromatic N) is 3. The van der Waals surface area contributed by atoms with Gasteiger partial charge in [-0.3, -0.25) is 4.79 Å². The molecule has 0 aliphatic rings. The monoisotopic (exact) mass is 407 g/mol. The maximum Gasteiger partial charge on any atom is 0.280 e. The molecule has 4 aromatic rings. The lowest BCUT2D eigenvalue weighted by Crippen LogP contribution is -2.13. The molecule has 0 atom stereocenters. The van der Waals surface area contributed by atoms with Gasteiger partial charge in [-0.2, -0.15) is 4.68 Å². The fourth-order valence-electron chi connectivity index (χ4n) is 2.58. The van der Waals surface area contributed by atoms with E-state index in [0.717, 1.165) is 15.8 Å². The van der Waals surface area contributed by atoms with Gasteiger partial charge in [0.2, 0.25) is 0 Å². The predicted octanol–water partition coefficient (Wildman–Crippen LogP) is 4.46. The zero-order valence-corrected chi connectivity index (χ0v) is 15.3. The number of carbonyl (C=O) groups is 1. The minimum atomic E-state index is -0.209.